The maximum atomic E-state index is 12.3. The second kappa shape index (κ2) is 6.74. The van der Waals surface area contributed by atoms with Gasteiger partial charge in [-0.25, -0.2) is 8.42 Å². The Hall–Kier alpha value is -1.85. The molecule has 0 aromatic heterocycles. The van der Waals surface area contributed by atoms with Crippen LogP contribution in [0.2, 0.25) is 0 Å². The molecule has 21 heavy (non-hydrogen) atoms. The zero-order chi connectivity index (χ0) is 15.3. The first-order valence-corrected chi connectivity index (χ1v) is 8.39. The molecule has 0 heterocycles. The minimum absolute atomic E-state index is 0.267. The van der Waals surface area contributed by atoms with Gasteiger partial charge in [0.1, 0.15) is 0 Å². The topological polar surface area (TPSA) is 58.2 Å². The van der Waals surface area contributed by atoms with E-state index in [0.29, 0.717) is 5.69 Å². The molecular weight excluding hydrogens is 284 g/mol. The summed E-state index contributed by atoms with van der Waals surface area (Å²) in [5.41, 5.74) is 2.72. The van der Waals surface area contributed by atoms with Gasteiger partial charge in [-0.05, 0) is 43.3 Å². The summed E-state index contributed by atoms with van der Waals surface area (Å²) in [7, 11) is -3.53. The fraction of sp³-hybridized carbons (Fsp3) is 0.250. The van der Waals surface area contributed by atoms with Crippen LogP contribution in [0.4, 0.5) is 5.69 Å². The minimum atomic E-state index is -3.53. The van der Waals surface area contributed by atoms with E-state index in [9.17, 15) is 8.42 Å². The molecule has 0 saturated carbocycles. The molecule has 0 aliphatic heterocycles. The van der Waals surface area contributed by atoms with Crippen molar-refractivity contribution in [3.8, 4) is 0 Å². The lowest BCUT2D eigenvalue weighted by atomic mass is 10.2. The van der Waals surface area contributed by atoms with Crippen molar-refractivity contribution in [2.45, 2.75) is 25.3 Å². The third kappa shape index (κ3) is 4.31. The van der Waals surface area contributed by atoms with Gasteiger partial charge in [-0.2, -0.15) is 0 Å². The van der Waals surface area contributed by atoms with Crippen LogP contribution in [0.25, 0.3) is 0 Å². The SMILES string of the molecule is CCNCc1ccc(S(=O)(=O)Nc2ccc(C)cc2)cc1. The van der Waals surface area contributed by atoms with E-state index in [1.165, 1.54) is 0 Å². The average Bonchev–Trinajstić information content (AvgIpc) is 2.48. The molecule has 0 spiro atoms. The largest absolute Gasteiger partial charge is 0.313 e. The maximum Gasteiger partial charge on any atom is 0.261 e. The molecule has 2 rings (SSSR count). The second-order valence-corrected chi connectivity index (χ2v) is 6.58. The van der Waals surface area contributed by atoms with Crippen molar-refractivity contribution in [1.82, 2.24) is 5.32 Å². The molecule has 5 heteroatoms. The highest BCUT2D eigenvalue weighted by Gasteiger charge is 2.13. The van der Waals surface area contributed by atoms with E-state index >= 15 is 0 Å². The summed E-state index contributed by atoms with van der Waals surface area (Å²) in [5.74, 6) is 0. The van der Waals surface area contributed by atoms with Gasteiger partial charge in [0.2, 0.25) is 0 Å². The predicted molar refractivity (Wildman–Crippen MR) is 85.8 cm³/mol. The summed E-state index contributed by atoms with van der Waals surface area (Å²) >= 11 is 0. The number of rotatable bonds is 6. The minimum Gasteiger partial charge on any atom is -0.313 e. The number of aryl methyl sites for hydroxylation is 1. The van der Waals surface area contributed by atoms with E-state index < -0.39 is 10.0 Å². The van der Waals surface area contributed by atoms with Crippen LogP contribution in [0, 0.1) is 6.92 Å². The van der Waals surface area contributed by atoms with Crippen molar-refractivity contribution in [3.05, 3.63) is 59.7 Å². The molecule has 0 saturated heterocycles. The van der Waals surface area contributed by atoms with Crippen molar-refractivity contribution in [1.29, 1.82) is 0 Å². The lowest BCUT2D eigenvalue weighted by molar-refractivity contribution is 0.601. The third-order valence-corrected chi connectivity index (χ3v) is 4.51. The molecule has 0 atom stereocenters. The maximum absolute atomic E-state index is 12.3. The van der Waals surface area contributed by atoms with Crippen LogP contribution < -0.4 is 10.0 Å². The van der Waals surface area contributed by atoms with Crippen molar-refractivity contribution >= 4 is 15.7 Å². The van der Waals surface area contributed by atoms with Gasteiger partial charge in [0, 0.05) is 12.2 Å². The number of anilines is 1. The highest BCUT2D eigenvalue weighted by molar-refractivity contribution is 7.92. The van der Waals surface area contributed by atoms with Gasteiger partial charge in [0.05, 0.1) is 4.90 Å². The van der Waals surface area contributed by atoms with Crippen LogP contribution in [0.3, 0.4) is 0 Å². The highest BCUT2D eigenvalue weighted by atomic mass is 32.2. The van der Waals surface area contributed by atoms with Crippen LogP contribution in [0.15, 0.2) is 53.4 Å². The molecule has 0 aliphatic carbocycles. The van der Waals surface area contributed by atoms with Gasteiger partial charge in [-0.15, -0.1) is 0 Å². The normalized spacial score (nSPS) is 11.3. The Morgan fingerprint density at radius 1 is 0.952 bits per heavy atom. The standard InChI is InChI=1S/C16H20N2O2S/c1-3-17-12-14-6-10-16(11-7-14)21(19,20)18-15-8-4-13(2)5-9-15/h4-11,17-18H,3,12H2,1-2H3. The van der Waals surface area contributed by atoms with Crippen LogP contribution >= 0.6 is 0 Å². The van der Waals surface area contributed by atoms with Crippen molar-refractivity contribution in [2.75, 3.05) is 11.3 Å². The lowest BCUT2D eigenvalue weighted by Gasteiger charge is -2.09. The Bertz CT molecular complexity index is 677. The first-order valence-electron chi connectivity index (χ1n) is 6.90. The summed E-state index contributed by atoms with van der Waals surface area (Å²) in [5, 5.41) is 3.20. The molecule has 2 aromatic rings. The molecule has 4 nitrogen and oxygen atoms in total. The first kappa shape index (κ1) is 15.5. The first-order chi connectivity index (χ1) is 10.0. The molecule has 112 valence electrons. The fourth-order valence-electron chi connectivity index (χ4n) is 1.89. The Kier molecular flexibility index (Phi) is 4.98. The summed E-state index contributed by atoms with van der Waals surface area (Å²) in [4.78, 5) is 0.267. The van der Waals surface area contributed by atoms with E-state index in [0.717, 1.165) is 24.2 Å². The quantitative estimate of drug-likeness (QED) is 0.862. The number of hydrogen-bond donors (Lipinski definition) is 2. The molecule has 2 aromatic carbocycles. The summed E-state index contributed by atoms with van der Waals surface area (Å²) in [6, 6.07) is 14.2. The van der Waals surface area contributed by atoms with Gasteiger partial charge in [-0.1, -0.05) is 36.8 Å². The van der Waals surface area contributed by atoms with E-state index in [-0.39, 0.29) is 4.90 Å². The third-order valence-electron chi connectivity index (χ3n) is 3.12. The van der Waals surface area contributed by atoms with Crippen LogP contribution in [0.1, 0.15) is 18.1 Å². The summed E-state index contributed by atoms with van der Waals surface area (Å²) < 4.78 is 27.2. The molecule has 0 unspecified atom stereocenters. The Morgan fingerprint density at radius 2 is 1.57 bits per heavy atom. The Balaban J connectivity index is 2.13. The van der Waals surface area contributed by atoms with Crippen molar-refractivity contribution in [3.63, 3.8) is 0 Å². The molecule has 0 amide bonds. The van der Waals surface area contributed by atoms with E-state index in [1.807, 2.05) is 38.1 Å². The monoisotopic (exact) mass is 304 g/mol. The van der Waals surface area contributed by atoms with Crippen molar-refractivity contribution < 1.29 is 8.42 Å². The summed E-state index contributed by atoms with van der Waals surface area (Å²) in [6.07, 6.45) is 0. The van der Waals surface area contributed by atoms with Gasteiger partial charge < -0.3 is 5.32 Å². The molecule has 0 radical (unpaired) electrons. The molecular formula is C16H20N2O2S. The number of nitrogens with one attached hydrogen (secondary N) is 2. The van der Waals surface area contributed by atoms with E-state index in [1.54, 1.807) is 24.3 Å². The van der Waals surface area contributed by atoms with E-state index in [2.05, 4.69) is 10.0 Å². The molecule has 0 fully saturated rings. The number of sulfonamides is 1. The zero-order valence-corrected chi connectivity index (χ0v) is 13.1. The van der Waals surface area contributed by atoms with E-state index in [4.69, 9.17) is 0 Å². The Morgan fingerprint density at radius 3 is 2.14 bits per heavy atom. The smallest absolute Gasteiger partial charge is 0.261 e. The fourth-order valence-corrected chi connectivity index (χ4v) is 2.95. The van der Waals surface area contributed by atoms with Crippen molar-refractivity contribution in [2.24, 2.45) is 0 Å². The van der Waals surface area contributed by atoms with Gasteiger partial charge >= 0.3 is 0 Å². The number of hydrogen-bond acceptors (Lipinski definition) is 3. The molecule has 0 bridgehead atoms. The second-order valence-electron chi connectivity index (χ2n) is 4.90. The number of benzene rings is 2. The van der Waals surface area contributed by atoms with Gasteiger partial charge in [0.25, 0.3) is 10.0 Å². The lowest BCUT2D eigenvalue weighted by Crippen LogP contribution is -2.14. The average molecular weight is 304 g/mol. The van der Waals surface area contributed by atoms with Gasteiger partial charge in [-0.3, -0.25) is 4.72 Å². The Labute approximate surface area is 126 Å². The molecule has 0 aliphatic rings. The molecule has 2 N–H and O–H groups in total. The zero-order valence-electron chi connectivity index (χ0n) is 12.3. The van der Waals surface area contributed by atoms with Crippen LogP contribution in [-0.4, -0.2) is 15.0 Å². The predicted octanol–water partition coefficient (Wildman–Crippen LogP) is 2.91. The van der Waals surface area contributed by atoms with Gasteiger partial charge in [0.15, 0.2) is 0 Å². The highest BCUT2D eigenvalue weighted by Crippen LogP contribution is 2.17. The van der Waals surface area contributed by atoms with Crippen LogP contribution in [0.5, 0.6) is 0 Å². The summed E-state index contributed by atoms with van der Waals surface area (Å²) in [6.45, 7) is 5.61. The van der Waals surface area contributed by atoms with Crippen LogP contribution in [-0.2, 0) is 16.6 Å².